The third-order valence-electron chi connectivity index (χ3n) is 8.93. The van der Waals surface area contributed by atoms with Crippen molar-refractivity contribution in [2.75, 3.05) is 9.80 Å². The number of anilines is 6. The molecular weight excluding hydrogens is 556 g/mol. The van der Waals surface area contributed by atoms with Gasteiger partial charge in [-0.3, -0.25) is 0 Å². The smallest absolute Gasteiger partial charge is 0.0468 e. The van der Waals surface area contributed by atoms with Crippen LogP contribution in [0.15, 0.2) is 170 Å². The maximum atomic E-state index is 2.37. The Balaban J connectivity index is 1.37. The normalized spacial score (nSPS) is 11.3. The molecule has 0 aliphatic rings. The molecule has 0 unspecified atom stereocenters. The van der Waals surface area contributed by atoms with Gasteiger partial charge in [-0.25, -0.2) is 0 Å². The van der Waals surface area contributed by atoms with Crippen LogP contribution in [0.25, 0.3) is 32.3 Å². The average molecular weight is 591 g/mol. The summed E-state index contributed by atoms with van der Waals surface area (Å²) in [5.74, 6) is 0. The molecule has 0 fully saturated rings. The first-order valence-corrected chi connectivity index (χ1v) is 15.9. The number of hydrogen-bond acceptors (Lipinski definition) is 2. The van der Waals surface area contributed by atoms with Crippen molar-refractivity contribution < 1.29 is 0 Å². The van der Waals surface area contributed by atoms with Crippen molar-refractivity contribution in [2.24, 2.45) is 0 Å². The van der Waals surface area contributed by atoms with E-state index in [-0.39, 0.29) is 0 Å². The number of para-hydroxylation sites is 2. The summed E-state index contributed by atoms with van der Waals surface area (Å²) in [6, 6.07) is 61.5. The number of fused-ring (bicyclic) bond motifs is 6. The summed E-state index contributed by atoms with van der Waals surface area (Å²) >= 11 is 0. The lowest BCUT2D eigenvalue weighted by atomic mass is 9.93. The van der Waals surface area contributed by atoms with E-state index in [4.69, 9.17) is 0 Å². The zero-order chi connectivity index (χ0) is 31.0. The van der Waals surface area contributed by atoms with Crippen molar-refractivity contribution in [3.8, 4) is 0 Å². The first kappa shape index (κ1) is 27.7. The van der Waals surface area contributed by atoms with Gasteiger partial charge in [0.25, 0.3) is 0 Å². The summed E-state index contributed by atoms with van der Waals surface area (Å²) in [6.07, 6.45) is 0. The van der Waals surface area contributed by atoms with Gasteiger partial charge in [-0.2, -0.15) is 0 Å². The summed E-state index contributed by atoms with van der Waals surface area (Å²) in [5.41, 5.74) is 9.31. The van der Waals surface area contributed by atoms with E-state index in [1.165, 1.54) is 43.4 Å². The predicted octanol–water partition coefficient (Wildman–Crippen LogP) is 12.7. The molecule has 0 heterocycles. The lowest BCUT2D eigenvalue weighted by Gasteiger charge is -2.27. The Morgan fingerprint density at radius 3 is 1.00 bits per heavy atom. The van der Waals surface area contributed by atoms with Gasteiger partial charge in [0.1, 0.15) is 0 Å². The summed E-state index contributed by atoms with van der Waals surface area (Å²) < 4.78 is 0. The highest BCUT2D eigenvalue weighted by Crippen LogP contribution is 2.43. The Bertz CT molecular complexity index is 2180. The number of rotatable bonds is 6. The molecule has 0 N–H and O–H groups in total. The van der Waals surface area contributed by atoms with E-state index in [2.05, 4.69) is 194 Å². The quantitative estimate of drug-likeness (QED) is 0.178. The molecule has 0 bridgehead atoms. The molecule has 8 rings (SSSR count). The van der Waals surface area contributed by atoms with Crippen molar-refractivity contribution in [2.45, 2.75) is 13.8 Å². The highest BCUT2D eigenvalue weighted by atomic mass is 15.1. The molecule has 8 aromatic rings. The average Bonchev–Trinajstić information content (AvgIpc) is 3.11. The van der Waals surface area contributed by atoms with Gasteiger partial charge < -0.3 is 9.80 Å². The zero-order valence-corrected chi connectivity index (χ0v) is 26.1. The molecule has 0 spiro atoms. The van der Waals surface area contributed by atoms with Gasteiger partial charge in [0.05, 0.1) is 0 Å². The number of nitrogens with zero attached hydrogens (tertiary/aromatic N) is 2. The maximum Gasteiger partial charge on any atom is 0.0468 e. The number of benzene rings is 8. The molecule has 0 radical (unpaired) electrons. The fourth-order valence-corrected chi connectivity index (χ4v) is 6.65. The third-order valence-corrected chi connectivity index (χ3v) is 8.93. The van der Waals surface area contributed by atoms with Gasteiger partial charge in [-0.05, 0) is 119 Å². The van der Waals surface area contributed by atoms with Gasteiger partial charge in [-0.1, -0.05) is 108 Å². The Morgan fingerprint density at radius 2 is 0.565 bits per heavy atom. The van der Waals surface area contributed by atoms with Crippen LogP contribution >= 0.6 is 0 Å². The molecule has 0 aromatic heterocycles. The van der Waals surface area contributed by atoms with Crippen LogP contribution in [0.2, 0.25) is 0 Å². The van der Waals surface area contributed by atoms with Crippen LogP contribution in [0.5, 0.6) is 0 Å². The lowest BCUT2D eigenvalue weighted by Crippen LogP contribution is -2.10. The zero-order valence-electron chi connectivity index (χ0n) is 26.1. The fraction of sp³-hybridized carbons (Fsp3) is 0.0455. The molecule has 2 heteroatoms. The van der Waals surface area contributed by atoms with E-state index in [1.54, 1.807) is 0 Å². The fourth-order valence-electron chi connectivity index (χ4n) is 6.65. The Labute approximate surface area is 270 Å². The molecule has 0 aliphatic heterocycles. The third kappa shape index (κ3) is 4.95. The second kappa shape index (κ2) is 11.6. The molecule has 0 saturated heterocycles. The SMILES string of the molecule is Cc1ccc(N(c2ccccc2)c2ccc3c(c2)c2ccccc2c2ccc(N(c4ccccc4)c4ccc(C)cc4)cc23)cc1. The van der Waals surface area contributed by atoms with Crippen molar-refractivity contribution in [1.29, 1.82) is 0 Å². The summed E-state index contributed by atoms with van der Waals surface area (Å²) in [4.78, 5) is 4.70. The van der Waals surface area contributed by atoms with Gasteiger partial charge in [0.15, 0.2) is 0 Å². The predicted molar refractivity (Wildman–Crippen MR) is 198 cm³/mol. The molecule has 46 heavy (non-hydrogen) atoms. The Hall–Kier alpha value is -5.86. The highest BCUT2D eigenvalue weighted by molar-refractivity contribution is 6.26. The van der Waals surface area contributed by atoms with Crippen molar-refractivity contribution in [3.63, 3.8) is 0 Å². The molecule has 0 saturated carbocycles. The van der Waals surface area contributed by atoms with Crippen molar-refractivity contribution in [3.05, 3.63) is 181 Å². The molecule has 0 amide bonds. The van der Waals surface area contributed by atoms with E-state index < -0.39 is 0 Å². The van der Waals surface area contributed by atoms with Crippen LogP contribution < -0.4 is 9.80 Å². The molecule has 0 aliphatic carbocycles. The highest BCUT2D eigenvalue weighted by Gasteiger charge is 2.18. The molecule has 0 atom stereocenters. The van der Waals surface area contributed by atoms with Crippen LogP contribution in [-0.4, -0.2) is 0 Å². The summed E-state index contributed by atoms with van der Waals surface area (Å²) in [5, 5.41) is 7.51. The molecular formula is C44H34N2. The monoisotopic (exact) mass is 590 g/mol. The van der Waals surface area contributed by atoms with E-state index in [0.717, 1.165) is 34.1 Å². The number of aryl methyl sites for hydroxylation is 2. The van der Waals surface area contributed by atoms with Crippen LogP contribution in [0.4, 0.5) is 34.1 Å². The largest absolute Gasteiger partial charge is 0.310 e. The Kier molecular flexibility index (Phi) is 6.96. The second-order valence-electron chi connectivity index (χ2n) is 12.0. The lowest BCUT2D eigenvalue weighted by molar-refractivity contribution is 1.28. The maximum absolute atomic E-state index is 2.37. The topological polar surface area (TPSA) is 6.48 Å². The van der Waals surface area contributed by atoms with Gasteiger partial charge >= 0.3 is 0 Å². The number of hydrogen-bond donors (Lipinski definition) is 0. The molecule has 8 aromatic carbocycles. The van der Waals surface area contributed by atoms with Crippen LogP contribution in [0, 0.1) is 13.8 Å². The molecule has 220 valence electrons. The summed E-state index contributed by atoms with van der Waals surface area (Å²) in [6.45, 7) is 4.27. The minimum Gasteiger partial charge on any atom is -0.310 e. The van der Waals surface area contributed by atoms with E-state index >= 15 is 0 Å². The standard InChI is InChI=1S/C44H34N2/c1-31-17-21-35(22-18-31)45(33-11-5-3-6-12-33)37-25-27-41-39-15-9-10-16-40(39)43-29-38(26-28-42(43)44(41)30-37)46(34-13-7-4-8-14-34)36-23-19-32(2)20-24-36/h3-30H,1-2H3. The first-order chi connectivity index (χ1) is 22.6. The first-order valence-electron chi connectivity index (χ1n) is 15.9. The Morgan fingerprint density at radius 1 is 0.261 bits per heavy atom. The van der Waals surface area contributed by atoms with Crippen molar-refractivity contribution >= 4 is 66.4 Å². The molecule has 2 nitrogen and oxygen atoms in total. The van der Waals surface area contributed by atoms with E-state index in [9.17, 15) is 0 Å². The van der Waals surface area contributed by atoms with Crippen LogP contribution in [0.3, 0.4) is 0 Å². The van der Waals surface area contributed by atoms with Crippen molar-refractivity contribution in [1.82, 2.24) is 0 Å². The van der Waals surface area contributed by atoms with Gasteiger partial charge in [0.2, 0.25) is 0 Å². The summed E-state index contributed by atoms with van der Waals surface area (Å²) in [7, 11) is 0. The van der Waals surface area contributed by atoms with Gasteiger partial charge in [-0.15, -0.1) is 0 Å². The van der Waals surface area contributed by atoms with Gasteiger partial charge in [0, 0.05) is 34.1 Å². The van der Waals surface area contributed by atoms with E-state index in [0.29, 0.717) is 0 Å². The van der Waals surface area contributed by atoms with E-state index in [1.807, 2.05) is 0 Å². The van der Waals surface area contributed by atoms with Crippen LogP contribution in [-0.2, 0) is 0 Å². The van der Waals surface area contributed by atoms with Crippen LogP contribution in [0.1, 0.15) is 11.1 Å². The second-order valence-corrected chi connectivity index (χ2v) is 12.0. The minimum absolute atomic E-state index is 1.13. The minimum atomic E-state index is 1.13.